The number of nitriles is 1. The molecule has 0 saturated heterocycles. The Morgan fingerprint density at radius 3 is 2.47 bits per heavy atom. The lowest BCUT2D eigenvalue weighted by Crippen LogP contribution is -2.27. The molecule has 1 amide bonds. The number of carbonyl (C=O) groups is 1. The molecule has 9 nitrogen and oxygen atoms in total. The van der Waals surface area contributed by atoms with Crippen LogP contribution in [0.15, 0.2) is 65.7 Å². The minimum absolute atomic E-state index is 0.0347. The van der Waals surface area contributed by atoms with Crippen LogP contribution in [0.25, 0.3) is 22.4 Å². The van der Waals surface area contributed by atoms with Crippen molar-refractivity contribution < 1.29 is 17.6 Å². The van der Waals surface area contributed by atoms with Crippen molar-refractivity contribution in [3.05, 3.63) is 77.9 Å². The van der Waals surface area contributed by atoms with Crippen molar-refractivity contribution in [2.24, 2.45) is 5.14 Å². The first-order chi connectivity index (χ1) is 16.2. The number of nitrogens with zero attached hydrogens (tertiary/aromatic N) is 5. The second-order valence-electron chi connectivity index (χ2n) is 7.59. The molecule has 0 unspecified atom stereocenters. The molecule has 0 fully saturated rings. The van der Waals surface area contributed by atoms with Gasteiger partial charge in [-0.1, -0.05) is 12.1 Å². The molecule has 0 atom stereocenters. The fourth-order valence-electron chi connectivity index (χ4n) is 3.47. The van der Waals surface area contributed by atoms with Gasteiger partial charge in [-0.15, -0.1) is 0 Å². The summed E-state index contributed by atoms with van der Waals surface area (Å²) in [4.78, 5) is 22.7. The SMILES string of the molecule is CN(CC#N)C(=O)c1cc2c(cn1)nc(-c1ccc(S(N)(=O)=O)cc1)n2Cc1ccc(F)cc1. The van der Waals surface area contributed by atoms with E-state index in [0.717, 1.165) is 5.56 Å². The lowest BCUT2D eigenvalue weighted by Gasteiger charge is -2.13. The summed E-state index contributed by atoms with van der Waals surface area (Å²) in [6, 6.07) is 15.4. The molecule has 11 heteroatoms. The highest BCUT2D eigenvalue weighted by Crippen LogP contribution is 2.27. The molecule has 2 N–H and O–H groups in total. The van der Waals surface area contributed by atoms with Gasteiger partial charge >= 0.3 is 0 Å². The Morgan fingerprint density at radius 2 is 1.85 bits per heavy atom. The average molecular weight is 479 g/mol. The van der Waals surface area contributed by atoms with Crippen LogP contribution in [0.5, 0.6) is 0 Å². The molecule has 0 spiro atoms. The lowest BCUT2D eigenvalue weighted by molar-refractivity contribution is 0.0806. The van der Waals surface area contributed by atoms with Gasteiger partial charge in [0.1, 0.15) is 29.4 Å². The number of carbonyl (C=O) groups excluding carboxylic acids is 1. The third-order valence-electron chi connectivity index (χ3n) is 5.20. The van der Waals surface area contributed by atoms with E-state index in [4.69, 9.17) is 10.4 Å². The van der Waals surface area contributed by atoms with Crippen LogP contribution in [0.4, 0.5) is 4.39 Å². The lowest BCUT2D eigenvalue weighted by atomic mass is 10.2. The van der Waals surface area contributed by atoms with Gasteiger partial charge in [0.05, 0.1) is 22.7 Å². The van der Waals surface area contributed by atoms with E-state index in [2.05, 4.69) is 9.97 Å². The van der Waals surface area contributed by atoms with Gasteiger partial charge in [0.15, 0.2) is 0 Å². The van der Waals surface area contributed by atoms with Gasteiger partial charge in [0, 0.05) is 19.2 Å². The maximum absolute atomic E-state index is 13.4. The van der Waals surface area contributed by atoms with E-state index in [1.54, 1.807) is 30.3 Å². The van der Waals surface area contributed by atoms with Gasteiger partial charge in [-0.3, -0.25) is 4.79 Å². The molecule has 0 aliphatic carbocycles. The predicted molar refractivity (Wildman–Crippen MR) is 122 cm³/mol. The molecule has 0 saturated carbocycles. The van der Waals surface area contributed by atoms with Gasteiger partial charge in [-0.05, 0) is 48.0 Å². The van der Waals surface area contributed by atoms with Crippen LogP contribution in [0, 0.1) is 17.1 Å². The maximum atomic E-state index is 13.4. The Kier molecular flexibility index (Phi) is 6.10. The number of hydrogen-bond acceptors (Lipinski definition) is 6. The van der Waals surface area contributed by atoms with Crippen LogP contribution >= 0.6 is 0 Å². The number of primary sulfonamides is 1. The zero-order chi connectivity index (χ0) is 24.5. The normalized spacial score (nSPS) is 11.4. The van der Waals surface area contributed by atoms with Crippen molar-refractivity contribution in [1.82, 2.24) is 19.4 Å². The highest BCUT2D eigenvalue weighted by molar-refractivity contribution is 7.89. The third kappa shape index (κ3) is 4.63. The Morgan fingerprint density at radius 1 is 1.18 bits per heavy atom. The molecular weight excluding hydrogens is 459 g/mol. The van der Waals surface area contributed by atoms with E-state index in [1.165, 1.54) is 42.4 Å². The second kappa shape index (κ2) is 9.01. The standard InChI is InChI=1S/C23H19FN6O3S/c1-29(11-10-25)23(31)19-12-21-20(13-27-19)28-22(16-4-8-18(9-5-16)34(26,32)33)30(21)14-15-2-6-17(24)7-3-15/h2-9,12-13H,11,14H2,1H3,(H2,26,32,33). The summed E-state index contributed by atoms with van der Waals surface area (Å²) in [5.41, 5.74) is 2.64. The van der Waals surface area contributed by atoms with Crippen LogP contribution in [-0.2, 0) is 16.6 Å². The van der Waals surface area contributed by atoms with E-state index >= 15 is 0 Å². The molecule has 2 aromatic carbocycles. The highest BCUT2D eigenvalue weighted by Gasteiger charge is 2.19. The number of benzene rings is 2. The number of hydrogen-bond donors (Lipinski definition) is 1. The summed E-state index contributed by atoms with van der Waals surface area (Å²) in [6.07, 6.45) is 1.46. The number of pyridine rings is 1. The van der Waals surface area contributed by atoms with Crippen LogP contribution in [0.2, 0.25) is 0 Å². The van der Waals surface area contributed by atoms with E-state index in [9.17, 15) is 17.6 Å². The quantitative estimate of drug-likeness (QED) is 0.423. The van der Waals surface area contributed by atoms with Crippen molar-refractivity contribution in [1.29, 1.82) is 5.26 Å². The van der Waals surface area contributed by atoms with Gasteiger partial charge in [0.2, 0.25) is 10.0 Å². The highest BCUT2D eigenvalue weighted by atomic mass is 32.2. The van der Waals surface area contributed by atoms with E-state index < -0.39 is 15.9 Å². The number of imidazole rings is 1. The molecule has 0 bridgehead atoms. The van der Waals surface area contributed by atoms with Gasteiger partial charge in [-0.2, -0.15) is 5.26 Å². The first kappa shape index (κ1) is 23.0. The van der Waals surface area contributed by atoms with E-state index in [0.29, 0.717) is 29.0 Å². The van der Waals surface area contributed by atoms with Crippen LogP contribution in [0.3, 0.4) is 0 Å². The van der Waals surface area contributed by atoms with Crippen molar-refractivity contribution in [3.8, 4) is 17.5 Å². The van der Waals surface area contributed by atoms with Crippen LogP contribution in [-0.4, -0.2) is 47.4 Å². The Labute approximate surface area is 194 Å². The first-order valence-electron chi connectivity index (χ1n) is 10.0. The van der Waals surface area contributed by atoms with Gasteiger partial charge in [0.25, 0.3) is 5.91 Å². The number of fused-ring (bicyclic) bond motifs is 1. The number of halogens is 1. The van der Waals surface area contributed by atoms with Crippen molar-refractivity contribution in [3.63, 3.8) is 0 Å². The fraction of sp³-hybridized carbons (Fsp3) is 0.130. The molecule has 2 aromatic heterocycles. The molecule has 4 aromatic rings. The number of sulfonamides is 1. The van der Waals surface area contributed by atoms with Gasteiger partial charge in [-0.25, -0.2) is 27.9 Å². The minimum Gasteiger partial charge on any atom is -0.327 e. The summed E-state index contributed by atoms with van der Waals surface area (Å²) >= 11 is 0. The summed E-state index contributed by atoms with van der Waals surface area (Å²) in [5, 5.41) is 14.1. The molecule has 172 valence electrons. The first-order valence-corrected chi connectivity index (χ1v) is 11.6. The topological polar surface area (TPSA) is 135 Å². The van der Waals surface area contributed by atoms with E-state index in [1.807, 2.05) is 10.6 Å². The largest absolute Gasteiger partial charge is 0.327 e. The average Bonchev–Trinajstić information content (AvgIpc) is 3.17. The van der Waals surface area contributed by atoms with Crippen molar-refractivity contribution in [2.75, 3.05) is 13.6 Å². The maximum Gasteiger partial charge on any atom is 0.273 e. The molecular formula is C23H19FN6O3S. The van der Waals surface area contributed by atoms with Crippen molar-refractivity contribution in [2.45, 2.75) is 11.4 Å². The molecule has 34 heavy (non-hydrogen) atoms. The smallest absolute Gasteiger partial charge is 0.273 e. The Bertz CT molecular complexity index is 1520. The molecule has 0 aliphatic heterocycles. The summed E-state index contributed by atoms with van der Waals surface area (Å²) < 4.78 is 38.5. The third-order valence-corrected chi connectivity index (χ3v) is 6.13. The number of amides is 1. The molecule has 0 aliphatic rings. The molecule has 4 rings (SSSR count). The second-order valence-corrected chi connectivity index (χ2v) is 9.16. The minimum atomic E-state index is -3.86. The number of nitrogens with two attached hydrogens (primary N) is 1. The summed E-state index contributed by atoms with van der Waals surface area (Å²) in [5.74, 6) is -0.287. The summed E-state index contributed by atoms with van der Waals surface area (Å²) in [7, 11) is -2.35. The van der Waals surface area contributed by atoms with E-state index in [-0.39, 0.29) is 23.0 Å². The zero-order valence-electron chi connectivity index (χ0n) is 18.0. The number of rotatable bonds is 6. The van der Waals surface area contributed by atoms with Crippen LogP contribution in [0.1, 0.15) is 16.1 Å². The van der Waals surface area contributed by atoms with Crippen molar-refractivity contribution >= 4 is 27.0 Å². The summed E-state index contributed by atoms with van der Waals surface area (Å²) in [6.45, 7) is 0.212. The Balaban J connectivity index is 1.86. The fourth-order valence-corrected chi connectivity index (χ4v) is 3.98. The predicted octanol–water partition coefficient (Wildman–Crippen LogP) is 2.53. The monoisotopic (exact) mass is 478 g/mol. The van der Waals surface area contributed by atoms with Crippen LogP contribution < -0.4 is 5.14 Å². The van der Waals surface area contributed by atoms with Gasteiger partial charge < -0.3 is 9.47 Å². The molecule has 2 heterocycles. The number of aromatic nitrogens is 3. The Hall–Kier alpha value is -4.14. The molecule has 0 radical (unpaired) electrons. The zero-order valence-corrected chi connectivity index (χ0v) is 18.8.